The average Bonchev–Trinajstić information content (AvgIpc) is 3.20. The summed E-state index contributed by atoms with van der Waals surface area (Å²) in [7, 11) is 23.2. The molecule has 0 fully saturated rings. The average molecular weight is 723 g/mol. The second kappa shape index (κ2) is 14.5. The number of allylic oxidation sites excluding steroid dienone is 4. The number of anilines is 6. The van der Waals surface area contributed by atoms with Crippen molar-refractivity contribution in [2.45, 2.75) is 69.2 Å². The van der Waals surface area contributed by atoms with E-state index in [1.165, 1.54) is 99.8 Å². The Bertz CT molecular complexity index is 1780. The van der Waals surface area contributed by atoms with Gasteiger partial charge in [0.05, 0.1) is 34.1 Å². The lowest BCUT2D eigenvalue weighted by molar-refractivity contribution is 0.851. The van der Waals surface area contributed by atoms with Crippen LogP contribution in [0.1, 0.15) is 61.1 Å². The molecule has 3 aromatic carbocycles. The first-order valence-electron chi connectivity index (χ1n) is 18.8. The SMILES string of the molecule is CC1=C(C)C(C)C([Si](c2c(C)cc(N(C)C)c(N(C)C)c2C)(c2c(C)cc(N(C)C)c(N(C)C)c2C)c2c(C)cc(N(C)C)c(N(C)C)c2C)=C1C. The molecule has 0 aromatic heterocycles. The number of nitrogens with zero attached hydrogens (tertiary/aromatic N) is 6. The molecule has 1 aliphatic rings. The van der Waals surface area contributed by atoms with E-state index in [1.54, 1.807) is 5.20 Å². The van der Waals surface area contributed by atoms with E-state index in [0.717, 1.165) is 0 Å². The van der Waals surface area contributed by atoms with Gasteiger partial charge in [0.15, 0.2) is 8.07 Å². The van der Waals surface area contributed by atoms with E-state index in [9.17, 15) is 0 Å². The maximum Gasteiger partial charge on any atom is 0.178 e. The first-order valence-corrected chi connectivity index (χ1v) is 20.8. The summed E-state index contributed by atoms with van der Waals surface area (Å²) in [5.74, 6) is 0.298. The summed E-state index contributed by atoms with van der Waals surface area (Å²) in [5.41, 5.74) is 20.4. The van der Waals surface area contributed by atoms with Crippen molar-refractivity contribution in [3.8, 4) is 0 Å². The van der Waals surface area contributed by atoms with Gasteiger partial charge in [-0.2, -0.15) is 0 Å². The zero-order valence-electron chi connectivity index (χ0n) is 37.0. The quantitative estimate of drug-likeness (QED) is 0.161. The van der Waals surface area contributed by atoms with E-state index in [-0.39, 0.29) is 0 Å². The number of benzene rings is 3. The third-order valence-corrected chi connectivity index (χ3v) is 18.3. The van der Waals surface area contributed by atoms with Gasteiger partial charge in [0.2, 0.25) is 0 Å². The van der Waals surface area contributed by atoms with Gasteiger partial charge in [-0.05, 0) is 141 Å². The first-order chi connectivity index (χ1) is 24.0. The Labute approximate surface area is 319 Å². The molecular weight excluding hydrogens is 653 g/mol. The molecule has 0 saturated heterocycles. The van der Waals surface area contributed by atoms with Crippen LogP contribution in [0.5, 0.6) is 0 Å². The van der Waals surface area contributed by atoms with Crippen LogP contribution in [0.3, 0.4) is 0 Å². The summed E-state index contributed by atoms with van der Waals surface area (Å²) in [6.45, 7) is 24.1. The molecule has 0 saturated carbocycles. The van der Waals surface area contributed by atoms with E-state index < -0.39 is 8.07 Å². The van der Waals surface area contributed by atoms with Crippen molar-refractivity contribution in [2.75, 3.05) is 114 Å². The van der Waals surface area contributed by atoms with E-state index in [1.807, 2.05) is 0 Å². The lowest BCUT2D eigenvalue weighted by Crippen LogP contribution is -2.73. The molecule has 0 amide bonds. The summed E-state index contributed by atoms with van der Waals surface area (Å²) in [6.07, 6.45) is 0. The Hall–Kier alpha value is -3.84. The third kappa shape index (κ3) is 6.11. The van der Waals surface area contributed by atoms with Crippen molar-refractivity contribution in [3.05, 3.63) is 73.5 Å². The maximum atomic E-state index is 2.50. The van der Waals surface area contributed by atoms with Crippen molar-refractivity contribution in [2.24, 2.45) is 5.92 Å². The fraction of sp³-hybridized carbons (Fsp3) is 0.511. The minimum Gasteiger partial charge on any atom is -0.376 e. The van der Waals surface area contributed by atoms with Crippen LogP contribution in [-0.4, -0.2) is 92.6 Å². The van der Waals surface area contributed by atoms with E-state index in [4.69, 9.17) is 0 Å². The summed E-state index contributed by atoms with van der Waals surface area (Å²) < 4.78 is 0. The lowest BCUT2D eigenvalue weighted by atomic mass is 10.0. The van der Waals surface area contributed by atoms with Crippen LogP contribution in [0, 0.1) is 47.5 Å². The Morgan fingerprint density at radius 2 is 0.673 bits per heavy atom. The molecule has 3 aromatic rings. The van der Waals surface area contributed by atoms with Crippen LogP contribution in [0.2, 0.25) is 0 Å². The number of rotatable bonds is 10. The molecule has 4 rings (SSSR count). The zero-order valence-corrected chi connectivity index (χ0v) is 38.0. The lowest BCUT2D eigenvalue weighted by Gasteiger charge is -2.46. The van der Waals surface area contributed by atoms with Gasteiger partial charge in [0, 0.05) is 84.6 Å². The fourth-order valence-corrected chi connectivity index (χ4v) is 17.3. The Morgan fingerprint density at radius 3 is 0.865 bits per heavy atom. The minimum absolute atomic E-state index is 0.298. The Balaban J connectivity index is 2.61. The van der Waals surface area contributed by atoms with Gasteiger partial charge >= 0.3 is 0 Å². The molecule has 7 heteroatoms. The van der Waals surface area contributed by atoms with Gasteiger partial charge < -0.3 is 29.4 Å². The number of hydrogen-bond donors (Lipinski definition) is 0. The summed E-state index contributed by atoms with van der Waals surface area (Å²) >= 11 is 0. The van der Waals surface area contributed by atoms with Crippen molar-refractivity contribution >= 4 is 57.8 Å². The normalized spacial score (nSPS) is 14.8. The first kappa shape index (κ1) is 40.9. The minimum atomic E-state index is -3.17. The van der Waals surface area contributed by atoms with Crippen LogP contribution in [0.25, 0.3) is 0 Å². The van der Waals surface area contributed by atoms with Crippen molar-refractivity contribution in [1.29, 1.82) is 0 Å². The smallest absolute Gasteiger partial charge is 0.178 e. The Morgan fingerprint density at radius 1 is 0.404 bits per heavy atom. The zero-order chi connectivity index (χ0) is 39.6. The molecule has 0 heterocycles. The standard InChI is InChI=1S/C45H70N6Si/c1-26-23-36(46(11)12)39(49(17)18)33(8)42(26)52(45-31(6)29(4)30(5)32(45)7,43-27(2)24-37(47(13)14)40(34(43)9)50(19)20)44-28(3)25-38(48(15)16)41(35(44)10)51(21)22/h23-25,31H,1-22H3. The predicted molar refractivity (Wildman–Crippen MR) is 239 cm³/mol. The molecular formula is C45H70N6Si. The molecule has 0 bridgehead atoms. The van der Waals surface area contributed by atoms with Crippen molar-refractivity contribution in [3.63, 3.8) is 0 Å². The van der Waals surface area contributed by atoms with Crippen LogP contribution in [0.15, 0.2) is 40.1 Å². The third-order valence-electron chi connectivity index (χ3n) is 12.1. The highest BCUT2D eigenvalue weighted by Crippen LogP contribution is 2.46. The van der Waals surface area contributed by atoms with Gasteiger partial charge in [-0.3, -0.25) is 0 Å². The molecule has 1 atom stereocenters. The topological polar surface area (TPSA) is 19.4 Å². The highest BCUT2D eigenvalue weighted by molar-refractivity contribution is 7.17. The van der Waals surface area contributed by atoms with Gasteiger partial charge in [0.25, 0.3) is 0 Å². The van der Waals surface area contributed by atoms with E-state index in [0.29, 0.717) is 5.92 Å². The monoisotopic (exact) mass is 723 g/mol. The largest absolute Gasteiger partial charge is 0.376 e. The molecule has 52 heavy (non-hydrogen) atoms. The van der Waals surface area contributed by atoms with E-state index >= 15 is 0 Å². The van der Waals surface area contributed by atoms with Crippen LogP contribution >= 0.6 is 0 Å². The maximum absolute atomic E-state index is 3.17. The van der Waals surface area contributed by atoms with Crippen molar-refractivity contribution in [1.82, 2.24) is 0 Å². The van der Waals surface area contributed by atoms with Gasteiger partial charge in [0.1, 0.15) is 0 Å². The molecule has 6 nitrogen and oxygen atoms in total. The predicted octanol–water partition coefficient (Wildman–Crippen LogP) is 7.25. The molecule has 0 aliphatic heterocycles. The number of aryl methyl sites for hydroxylation is 3. The highest BCUT2D eigenvalue weighted by atomic mass is 28.3. The summed E-state index contributed by atoms with van der Waals surface area (Å²) in [5, 5.41) is 6.24. The second-order valence-electron chi connectivity index (χ2n) is 16.9. The molecule has 0 N–H and O–H groups in total. The van der Waals surface area contributed by atoms with Crippen LogP contribution in [-0.2, 0) is 0 Å². The van der Waals surface area contributed by atoms with E-state index in [2.05, 4.69) is 201 Å². The van der Waals surface area contributed by atoms with Gasteiger partial charge in [-0.15, -0.1) is 0 Å². The molecule has 0 spiro atoms. The number of hydrogen-bond acceptors (Lipinski definition) is 6. The molecule has 284 valence electrons. The fourth-order valence-electron chi connectivity index (χ4n) is 10.1. The van der Waals surface area contributed by atoms with Gasteiger partial charge in [-0.25, -0.2) is 0 Å². The van der Waals surface area contributed by atoms with Crippen molar-refractivity contribution < 1.29 is 0 Å². The van der Waals surface area contributed by atoms with Crippen LogP contribution in [0.4, 0.5) is 34.1 Å². The summed E-state index contributed by atoms with van der Waals surface area (Å²) in [6, 6.07) is 7.46. The molecule has 1 aliphatic carbocycles. The Kier molecular flexibility index (Phi) is 11.4. The molecule has 0 radical (unpaired) electrons. The highest BCUT2D eigenvalue weighted by Gasteiger charge is 2.53. The second-order valence-corrected chi connectivity index (χ2v) is 20.4. The van der Waals surface area contributed by atoms with Crippen LogP contribution < -0.4 is 45.0 Å². The molecule has 1 unspecified atom stereocenters. The summed E-state index contributed by atoms with van der Waals surface area (Å²) in [4.78, 5) is 13.9. The van der Waals surface area contributed by atoms with Gasteiger partial charge in [-0.1, -0.05) is 23.3 Å².